The van der Waals surface area contributed by atoms with Crippen LogP contribution in [0.5, 0.6) is 5.75 Å². The number of carbonyl (C=O) groups excluding carboxylic acids is 1. The topological polar surface area (TPSA) is 57.1 Å². The molecule has 142 valence electrons. The van der Waals surface area contributed by atoms with Gasteiger partial charge in [-0.1, -0.05) is 35.5 Å². The second-order valence-electron chi connectivity index (χ2n) is 5.52. The van der Waals surface area contributed by atoms with Crippen LogP contribution in [0.2, 0.25) is 0 Å². The molecule has 0 radical (unpaired) electrons. The van der Waals surface area contributed by atoms with Crippen molar-refractivity contribution in [1.82, 2.24) is 0 Å². The number of esters is 1. The second-order valence-corrected chi connectivity index (χ2v) is 8.29. The average molecular weight is 497 g/mol. The zero-order valence-electron chi connectivity index (χ0n) is 15.2. The monoisotopic (exact) mass is 495 g/mol. The third-order valence-electron chi connectivity index (χ3n) is 3.69. The first kappa shape index (κ1) is 21.2. The summed E-state index contributed by atoms with van der Waals surface area (Å²) in [6.07, 6.45) is 1.95. The fourth-order valence-corrected chi connectivity index (χ4v) is 3.00. The van der Waals surface area contributed by atoms with E-state index in [1.165, 1.54) is 14.2 Å². The fourth-order valence-electron chi connectivity index (χ4n) is 2.47. The van der Waals surface area contributed by atoms with E-state index in [1.807, 2.05) is 49.4 Å². The number of halogens is 2. The molecule has 0 spiro atoms. The molecule has 2 rings (SSSR count). The van der Waals surface area contributed by atoms with Crippen molar-refractivity contribution in [3.63, 3.8) is 0 Å². The summed E-state index contributed by atoms with van der Waals surface area (Å²) in [7, 11) is 2.68. The molecular formula is C20H19Br2NO4. The van der Waals surface area contributed by atoms with Crippen LogP contribution in [0.3, 0.4) is 0 Å². The van der Waals surface area contributed by atoms with E-state index in [2.05, 4.69) is 37.0 Å². The third kappa shape index (κ3) is 5.94. The number of nitrogens with zero attached hydrogens (tertiary/aromatic N) is 1. The second kappa shape index (κ2) is 10.3. The van der Waals surface area contributed by atoms with Gasteiger partial charge < -0.3 is 14.3 Å². The summed E-state index contributed by atoms with van der Waals surface area (Å²) >= 11 is 6.71. The lowest BCUT2D eigenvalue weighted by molar-refractivity contribution is -0.132. The molecule has 0 N–H and O–H groups in total. The number of rotatable bonds is 7. The number of carbonyl (C=O) groups is 1. The van der Waals surface area contributed by atoms with Gasteiger partial charge in [-0.2, -0.15) is 0 Å². The van der Waals surface area contributed by atoms with E-state index in [1.54, 1.807) is 6.07 Å². The molecule has 0 bridgehead atoms. The minimum atomic E-state index is -0.572. The zero-order valence-corrected chi connectivity index (χ0v) is 18.3. The Labute approximate surface area is 175 Å². The summed E-state index contributed by atoms with van der Waals surface area (Å²) in [6.45, 7) is 2.25. The maximum atomic E-state index is 12.0. The van der Waals surface area contributed by atoms with E-state index in [0.717, 1.165) is 25.8 Å². The Bertz CT molecular complexity index is 874. The van der Waals surface area contributed by atoms with Gasteiger partial charge in [0.1, 0.15) is 19.5 Å². The van der Waals surface area contributed by atoms with E-state index >= 15 is 0 Å². The van der Waals surface area contributed by atoms with Crippen LogP contribution < -0.4 is 4.74 Å². The molecule has 0 aliphatic rings. The van der Waals surface area contributed by atoms with Gasteiger partial charge in [0.2, 0.25) is 0 Å². The Morgan fingerprint density at radius 2 is 1.89 bits per heavy atom. The van der Waals surface area contributed by atoms with Crippen molar-refractivity contribution in [2.24, 2.45) is 5.16 Å². The smallest absolute Gasteiger partial charge is 0.360 e. The van der Waals surface area contributed by atoms with Crippen molar-refractivity contribution in [3.8, 4) is 5.75 Å². The van der Waals surface area contributed by atoms with E-state index in [9.17, 15) is 4.79 Å². The van der Waals surface area contributed by atoms with E-state index in [-0.39, 0.29) is 12.3 Å². The normalized spacial score (nSPS) is 10.9. The molecule has 7 heteroatoms. The number of hydrogen-bond acceptors (Lipinski definition) is 5. The first-order valence-electron chi connectivity index (χ1n) is 8.00. The van der Waals surface area contributed by atoms with Crippen molar-refractivity contribution in [2.75, 3.05) is 14.2 Å². The van der Waals surface area contributed by atoms with Crippen LogP contribution in [-0.2, 0) is 21.0 Å². The molecule has 0 aliphatic heterocycles. The molecule has 2 aromatic carbocycles. The number of oxime groups is 1. The molecule has 0 fully saturated rings. The standard InChI is InChI=1S/C20H19Br2NO4/c1-13-10-14(11-18(21)22)8-9-17(13)27-12-15-6-4-5-7-16(15)19(23-26-3)20(24)25-2/h4-11H,12H2,1-3H3/b23-19+. The van der Waals surface area contributed by atoms with Gasteiger partial charge in [-0.15, -0.1) is 0 Å². The van der Waals surface area contributed by atoms with Gasteiger partial charge in [-0.05, 0) is 73.7 Å². The number of ether oxygens (including phenoxy) is 2. The highest BCUT2D eigenvalue weighted by Crippen LogP contribution is 2.25. The van der Waals surface area contributed by atoms with Crippen LogP contribution in [0, 0.1) is 6.92 Å². The van der Waals surface area contributed by atoms with Crippen molar-refractivity contribution in [1.29, 1.82) is 0 Å². The van der Waals surface area contributed by atoms with E-state index in [4.69, 9.17) is 14.3 Å². The van der Waals surface area contributed by atoms with Crippen LogP contribution >= 0.6 is 31.9 Å². The predicted molar refractivity (Wildman–Crippen MR) is 113 cm³/mol. The molecule has 5 nitrogen and oxygen atoms in total. The molecule has 0 atom stereocenters. The van der Waals surface area contributed by atoms with Gasteiger partial charge in [0.25, 0.3) is 0 Å². The molecule has 0 aliphatic carbocycles. The zero-order chi connectivity index (χ0) is 19.8. The molecule has 2 aromatic rings. The summed E-state index contributed by atoms with van der Waals surface area (Å²) in [6, 6.07) is 13.2. The van der Waals surface area contributed by atoms with E-state index in [0.29, 0.717) is 5.56 Å². The third-order valence-corrected chi connectivity index (χ3v) is 4.15. The SMILES string of the molecule is CO/N=C(/C(=O)OC)c1ccccc1COc1ccc(C=C(Br)Br)cc1C. The lowest BCUT2D eigenvalue weighted by Crippen LogP contribution is -2.19. The largest absolute Gasteiger partial charge is 0.489 e. The number of methoxy groups -OCH3 is 1. The summed E-state index contributed by atoms with van der Waals surface area (Å²) in [5.41, 5.74) is 3.54. The van der Waals surface area contributed by atoms with Gasteiger partial charge in [0.05, 0.1) is 10.5 Å². The van der Waals surface area contributed by atoms with Crippen molar-refractivity contribution in [3.05, 3.63) is 68.1 Å². The summed E-state index contributed by atoms with van der Waals surface area (Å²) in [4.78, 5) is 16.8. The van der Waals surface area contributed by atoms with Crippen molar-refractivity contribution < 1.29 is 19.1 Å². The number of aryl methyl sites for hydroxylation is 1. The van der Waals surface area contributed by atoms with Crippen LogP contribution in [0.15, 0.2) is 51.0 Å². The fraction of sp³-hybridized carbons (Fsp3) is 0.200. The highest BCUT2D eigenvalue weighted by atomic mass is 79.9. The Kier molecular flexibility index (Phi) is 8.06. The minimum absolute atomic E-state index is 0.0959. The first-order valence-corrected chi connectivity index (χ1v) is 9.58. The van der Waals surface area contributed by atoms with Gasteiger partial charge in [0.15, 0.2) is 5.71 Å². The van der Waals surface area contributed by atoms with Crippen LogP contribution in [0.4, 0.5) is 0 Å². The average Bonchev–Trinajstić information content (AvgIpc) is 2.65. The highest BCUT2D eigenvalue weighted by molar-refractivity contribution is 9.28. The highest BCUT2D eigenvalue weighted by Gasteiger charge is 2.19. The quantitative estimate of drug-likeness (QED) is 0.301. The Balaban J connectivity index is 2.26. The molecule has 0 saturated heterocycles. The van der Waals surface area contributed by atoms with Gasteiger partial charge in [-0.25, -0.2) is 4.79 Å². The number of hydrogen-bond donors (Lipinski definition) is 0. The van der Waals surface area contributed by atoms with Gasteiger partial charge >= 0.3 is 5.97 Å². The van der Waals surface area contributed by atoms with Crippen LogP contribution in [-0.4, -0.2) is 25.9 Å². The maximum absolute atomic E-state index is 12.0. The summed E-state index contributed by atoms with van der Waals surface area (Å²) in [5.74, 6) is 0.188. The summed E-state index contributed by atoms with van der Waals surface area (Å²) < 4.78 is 11.6. The van der Waals surface area contributed by atoms with Gasteiger partial charge in [-0.3, -0.25) is 0 Å². The predicted octanol–water partition coefficient (Wildman–Crippen LogP) is 5.19. The Morgan fingerprint density at radius 1 is 1.15 bits per heavy atom. The molecular weight excluding hydrogens is 478 g/mol. The molecule has 0 heterocycles. The van der Waals surface area contributed by atoms with Crippen LogP contribution in [0.1, 0.15) is 22.3 Å². The van der Waals surface area contributed by atoms with Crippen molar-refractivity contribution >= 4 is 49.6 Å². The summed E-state index contributed by atoms with van der Waals surface area (Å²) in [5, 5.41) is 3.81. The minimum Gasteiger partial charge on any atom is -0.489 e. The first-order chi connectivity index (χ1) is 13.0. The Hall–Kier alpha value is -2.12. The lowest BCUT2D eigenvalue weighted by Gasteiger charge is -2.13. The molecule has 27 heavy (non-hydrogen) atoms. The van der Waals surface area contributed by atoms with Crippen molar-refractivity contribution in [2.45, 2.75) is 13.5 Å². The van der Waals surface area contributed by atoms with Crippen LogP contribution in [0.25, 0.3) is 6.08 Å². The maximum Gasteiger partial charge on any atom is 0.360 e. The molecule has 0 aromatic heterocycles. The molecule has 0 unspecified atom stereocenters. The lowest BCUT2D eigenvalue weighted by atomic mass is 10.0. The molecule has 0 saturated carbocycles. The Morgan fingerprint density at radius 3 is 2.52 bits per heavy atom. The molecule has 0 amide bonds. The van der Waals surface area contributed by atoms with Gasteiger partial charge in [0, 0.05) is 5.56 Å². The number of benzene rings is 2. The van der Waals surface area contributed by atoms with E-state index < -0.39 is 5.97 Å².